The molecule has 0 bridgehead atoms. The third kappa shape index (κ3) is 12.2. The normalized spacial score (nSPS) is 14.8. The Balaban J connectivity index is 4.74. The number of hydrogen-bond donors (Lipinski definition) is 0. The van der Waals surface area contributed by atoms with E-state index in [1.807, 2.05) is 6.26 Å². The lowest BCUT2D eigenvalue weighted by Crippen LogP contribution is -2.30. The molecule has 0 fully saturated rings. The topological polar surface area (TPSA) is 18.5 Å². The Hall–Kier alpha value is -0.00935. The first-order valence-corrected chi connectivity index (χ1v) is 16.9. The first kappa shape index (κ1) is 17.0. The average molecular weight is 291 g/mol. The van der Waals surface area contributed by atoms with Crippen molar-refractivity contribution in [3.8, 4) is 0 Å². The standard InChI is InChI=1S/C12H30O2Si3/c1-15(2,3)11-12(14-17(7,8)9)10-13-16(4,5)6/h10H,11H2,1-9H3/b12-10-. The predicted octanol–water partition coefficient (Wildman–Crippen LogP) is 4.87. The zero-order valence-electron chi connectivity index (χ0n) is 13.1. The molecule has 0 saturated heterocycles. The van der Waals surface area contributed by atoms with Gasteiger partial charge in [-0.05, 0) is 39.3 Å². The van der Waals surface area contributed by atoms with E-state index in [1.165, 1.54) is 0 Å². The largest absolute Gasteiger partial charge is 0.547 e. The van der Waals surface area contributed by atoms with Crippen molar-refractivity contribution in [2.24, 2.45) is 0 Å². The molecule has 0 atom stereocenters. The van der Waals surface area contributed by atoms with Crippen LogP contribution in [0.3, 0.4) is 0 Å². The van der Waals surface area contributed by atoms with Crippen molar-refractivity contribution in [3.05, 3.63) is 12.0 Å². The molecule has 2 nitrogen and oxygen atoms in total. The van der Waals surface area contributed by atoms with E-state index in [-0.39, 0.29) is 0 Å². The summed E-state index contributed by atoms with van der Waals surface area (Å²) in [5.74, 6) is 1.07. The number of allylic oxidation sites excluding steroid dienone is 1. The Kier molecular flexibility index (Phi) is 5.75. The first-order chi connectivity index (χ1) is 7.29. The molecule has 0 N–H and O–H groups in total. The molecule has 0 aromatic rings. The zero-order chi connectivity index (χ0) is 13.9. The smallest absolute Gasteiger partial charge is 0.241 e. The predicted molar refractivity (Wildman–Crippen MR) is 85.1 cm³/mol. The van der Waals surface area contributed by atoms with E-state index in [2.05, 4.69) is 58.9 Å². The molecular formula is C12H30O2Si3. The van der Waals surface area contributed by atoms with Gasteiger partial charge in [0.2, 0.25) is 16.6 Å². The van der Waals surface area contributed by atoms with Crippen molar-refractivity contribution in [3.63, 3.8) is 0 Å². The van der Waals surface area contributed by atoms with Crippen LogP contribution in [0.5, 0.6) is 0 Å². The van der Waals surface area contributed by atoms with Crippen molar-refractivity contribution >= 4 is 24.7 Å². The summed E-state index contributed by atoms with van der Waals surface area (Å²) in [4.78, 5) is 0. The summed E-state index contributed by atoms with van der Waals surface area (Å²) < 4.78 is 12.0. The van der Waals surface area contributed by atoms with Crippen LogP contribution in [0.2, 0.25) is 65.0 Å². The maximum Gasteiger partial charge on any atom is 0.241 e. The lowest BCUT2D eigenvalue weighted by atomic mass is 10.6. The summed E-state index contributed by atoms with van der Waals surface area (Å²) in [6, 6.07) is 1.07. The van der Waals surface area contributed by atoms with Gasteiger partial charge in [0.25, 0.3) is 0 Å². The highest BCUT2D eigenvalue weighted by Crippen LogP contribution is 2.22. The van der Waals surface area contributed by atoms with Crippen molar-refractivity contribution in [2.45, 2.75) is 65.0 Å². The lowest BCUT2D eigenvalue weighted by Gasteiger charge is -2.27. The van der Waals surface area contributed by atoms with Gasteiger partial charge in [-0.25, -0.2) is 0 Å². The zero-order valence-corrected chi connectivity index (χ0v) is 16.1. The Labute approximate surface area is 111 Å². The van der Waals surface area contributed by atoms with Crippen LogP contribution in [0, 0.1) is 0 Å². The second-order valence-corrected chi connectivity index (χ2v) is 22.1. The van der Waals surface area contributed by atoms with Crippen LogP contribution in [-0.4, -0.2) is 24.7 Å². The summed E-state index contributed by atoms with van der Waals surface area (Å²) in [6.07, 6.45) is 1.91. The molecule has 0 aromatic heterocycles. The fraction of sp³-hybridized carbons (Fsp3) is 0.833. The van der Waals surface area contributed by atoms with E-state index in [0.717, 1.165) is 11.8 Å². The van der Waals surface area contributed by atoms with Crippen LogP contribution in [0.4, 0.5) is 0 Å². The average Bonchev–Trinajstić information content (AvgIpc) is 1.92. The monoisotopic (exact) mass is 290 g/mol. The second-order valence-electron chi connectivity index (χ2n) is 7.77. The molecule has 5 heteroatoms. The minimum atomic E-state index is -1.53. The first-order valence-electron chi connectivity index (χ1n) is 6.34. The molecule has 0 aliphatic rings. The maximum absolute atomic E-state index is 6.14. The van der Waals surface area contributed by atoms with Crippen LogP contribution >= 0.6 is 0 Å². The molecule has 0 aromatic carbocycles. The number of hydrogen-bond acceptors (Lipinski definition) is 2. The highest BCUT2D eigenvalue weighted by molar-refractivity contribution is 6.77. The molecular weight excluding hydrogens is 260 g/mol. The molecule has 0 radical (unpaired) electrons. The Bertz CT molecular complexity index is 249. The second kappa shape index (κ2) is 5.75. The van der Waals surface area contributed by atoms with Gasteiger partial charge in [0.15, 0.2) is 0 Å². The Morgan fingerprint density at radius 3 is 1.59 bits per heavy atom. The fourth-order valence-electron chi connectivity index (χ4n) is 1.26. The fourth-order valence-corrected chi connectivity index (χ4v) is 4.00. The molecule has 0 amide bonds. The summed E-state index contributed by atoms with van der Waals surface area (Å²) in [7, 11) is -4.18. The van der Waals surface area contributed by atoms with Crippen LogP contribution in [0.1, 0.15) is 0 Å². The van der Waals surface area contributed by atoms with Gasteiger partial charge in [-0.3, -0.25) is 0 Å². The Morgan fingerprint density at radius 1 is 0.824 bits per heavy atom. The van der Waals surface area contributed by atoms with Gasteiger partial charge in [0.05, 0.1) is 8.07 Å². The Morgan fingerprint density at radius 2 is 1.29 bits per heavy atom. The van der Waals surface area contributed by atoms with Crippen LogP contribution in [0.15, 0.2) is 12.0 Å². The number of rotatable bonds is 6. The van der Waals surface area contributed by atoms with E-state index in [9.17, 15) is 0 Å². The molecule has 17 heavy (non-hydrogen) atoms. The molecule has 0 aliphatic heterocycles. The van der Waals surface area contributed by atoms with Gasteiger partial charge in [-0.1, -0.05) is 19.6 Å². The van der Waals surface area contributed by atoms with E-state index < -0.39 is 24.7 Å². The molecule has 0 unspecified atom stereocenters. The lowest BCUT2D eigenvalue weighted by molar-refractivity contribution is 0.376. The molecule has 0 saturated carbocycles. The van der Waals surface area contributed by atoms with Crippen LogP contribution < -0.4 is 0 Å². The van der Waals surface area contributed by atoms with Gasteiger partial charge in [0, 0.05) is 6.04 Å². The SMILES string of the molecule is C[Si](C)(C)C/C(=C/O[Si](C)(C)C)O[Si](C)(C)C. The van der Waals surface area contributed by atoms with E-state index >= 15 is 0 Å². The van der Waals surface area contributed by atoms with Gasteiger partial charge >= 0.3 is 0 Å². The summed E-state index contributed by atoms with van der Waals surface area (Å²) in [5.41, 5.74) is 0. The van der Waals surface area contributed by atoms with Crippen molar-refractivity contribution in [2.75, 3.05) is 0 Å². The van der Waals surface area contributed by atoms with Crippen molar-refractivity contribution < 1.29 is 8.85 Å². The molecule has 0 aliphatic carbocycles. The van der Waals surface area contributed by atoms with E-state index in [0.29, 0.717) is 0 Å². The molecule has 102 valence electrons. The third-order valence-corrected chi connectivity index (χ3v) is 4.79. The van der Waals surface area contributed by atoms with Crippen molar-refractivity contribution in [1.82, 2.24) is 0 Å². The minimum Gasteiger partial charge on any atom is -0.547 e. The van der Waals surface area contributed by atoms with Gasteiger partial charge in [-0.15, -0.1) is 0 Å². The van der Waals surface area contributed by atoms with Crippen molar-refractivity contribution in [1.29, 1.82) is 0 Å². The van der Waals surface area contributed by atoms with Crippen LogP contribution in [-0.2, 0) is 8.85 Å². The van der Waals surface area contributed by atoms with Gasteiger partial charge in [0.1, 0.15) is 12.0 Å². The quantitative estimate of drug-likeness (QED) is 0.513. The van der Waals surface area contributed by atoms with E-state index in [4.69, 9.17) is 8.85 Å². The molecule has 0 spiro atoms. The summed E-state index contributed by atoms with van der Waals surface area (Å²) in [5, 5.41) is 0. The minimum absolute atomic E-state index is 1.07. The highest BCUT2D eigenvalue weighted by atomic mass is 28.4. The van der Waals surface area contributed by atoms with Gasteiger partial charge < -0.3 is 8.85 Å². The van der Waals surface area contributed by atoms with Gasteiger partial charge in [-0.2, -0.15) is 0 Å². The van der Waals surface area contributed by atoms with E-state index in [1.54, 1.807) is 0 Å². The summed E-state index contributed by atoms with van der Waals surface area (Å²) in [6.45, 7) is 20.4. The van der Waals surface area contributed by atoms with Crippen LogP contribution in [0.25, 0.3) is 0 Å². The highest BCUT2D eigenvalue weighted by Gasteiger charge is 2.24. The molecule has 0 rings (SSSR count). The third-order valence-electron chi connectivity index (χ3n) is 1.69. The molecule has 0 heterocycles. The summed E-state index contributed by atoms with van der Waals surface area (Å²) >= 11 is 0. The maximum atomic E-state index is 6.14.